The van der Waals surface area contributed by atoms with Gasteiger partial charge in [-0.1, -0.05) is 164 Å². The number of H-pyrrole nitrogens is 1. The molecule has 0 saturated carbocycles. The summed E-state index contributed by atoms with van der Waals surface area (Å²) < 4.78 is 16.6. The molecule has 1 saturated heterocycles. The van der Waals surface area contributed by atoms with Gasteiger partial charge in [0.15, 0.2) is 0 Å². The van der Waals surface area contributed by atoms with E-state index in [0.29, 0.717) is 11.2 Å². The third-order valence-electron chi connectivity index (χ3n) is 16.2. The number of aryl methyl sites for hydroxylation is 1. The Bertz CT molecular complexity index is 4030. The first-order valence-electron chi connectivity index (χ1n) is 25.2. The van der Waals surface area contributed by atoms with E-state index in [9.17, 15) is 0 Å². The lowest BCUT2D eigenvalue weighted by molar-refractivity contribution is -0.0152. The molecule has 8 aromatic carbocycles. The van der Waals surface area contributed by atoms with Gasteiger partial charge in [-0.15, -0.1) is 23.1 Å². The lowest BCUT2D eigenvalue weighted by Crippen LogP contribution is -2.45. The topological polar surface area (TPSA) is 34.2 Å². The molecule has 2 aliphatic carbocycles. The number of thiophene rings is 1. The zero-order chi connectivity index (χ0) is 47.4. The molecule has 14 rings (SSSR count). The van der Waals surface area contributed by atoms with E-state index in [1.165, 1.54) is 107 Å². The molecule has 3 unspecified atom stereocenters. The molecule has 0 bridgehead atoms. The Kier molecular flexibility index (Phi) is 10.2. The zero-order valence-corrected chi connectivity index (χ0v) is 41.8. The smallest absolute Gasteiger partial charge is 0.399 e. The van der Waals surface area contributed by atoms with E-state index in [-0.39, 0.29) is 0 Å². The normalized spacial score (nSPS) is 20.0. The van der Waals surface area contributed by atoms with Crippen molar-refractivity contribution in [3.05, 3.63) is 215 Å². The summed E-state index contributed by atoms with van der Waals surface area (Å²) in [6.45, 7) is 6.61. The van der Waals surface area contributed by atoms with Crippen molar-refractivity contribution >= 4 is 90.0 Å². The zero-order valence-electron chi connectivity index (χ0n) is 40.2. The van der Waals surface area contributed by atoms with Gasteiger partial charge in [0.1, 0.15) is 0 Å². The minimum Gasteiger partial charge on any atom is -0.399 e. The van der Waals surface area contributed by atoms with Crippen molar-refractivity contribution in [2.75, 3.05) is 0 Å². The van der Waals surface area contributed by atoms with Gasteiger partial charge >= 0.3 is 7.12 Å². The van der Waals surface area contributed by atoms with Crippen molar-refractivity contribution < 1.29 is 9.31 Å². The lowest BCUT2D eigenvalue weighted by Gasteiger charge is -2.36. The first kappa shape index (κ1) is 43.2. The fraction of sp³-hybridized carbons (Fsp3) is 0.169. The number of para-hydroxylation sites is 1. The van der Waals surface area contributed by atoms with E-state index < -0.39 is 18.3 Å². The number of aromatic nitrogens is 1. The van der Waals surface area contributed by atoms with Crippen LogP contribution in [0.1, 0.15) is 62.6 Å². The van der Waals surface area contributed by atoms with E-state index in [4.69, 9.17) is 9.31 Å². The molecule has 1 fully saturated rings. The van der Waals surface area contributed by atoms with E-state index in [0.717, 1.165) is 36.7 Å². The van der Waals surface area contributed by atoms with E-state index in [1.807, 2.05) is 23.1 Å². The second kappa shape index (κ2) is 16.7. The molecular formula is C65H52BNO2S2. The quantitative estimate of drug-likeness (QED) is 0.154. The van der Waals surface area contributed by atoms with Gasteiger partial charge < -0.3 is 14.3 Å². The molecule has 10 aromatic rings. The number of thioether (sulfide) groups is 1. The summed E-state index contributed by atoms with van der Waals surface area (Å²) >= 11 is 3.92. The van der Waals surface area contributed by atoms with Gasteiger partial charge in [0.05, 0.1) is 16.7 Å². The monoisotopic (exact) mass is 953 g/mol. The van der Waals surface area contributed by atoms with Crippen LogP contribution in [0.3, 0.4) is 0 Å². The molecule has 2 aliphatic heterocycles. The summed E-state index contributed by atoms with van der Waals surface area (Å²) in [5, 5.41) is 8.21. The molecule has 3 nitrogen and oxygen atoms in total. The molecule has 0 radical (unpaired) electrons. The van der Waals surface area contributed by atoms with Gasteiger partial charge in [0.25, 0.3) is 0 Å². The molecule has 71 heavy (non-hydrogen) atoms. The van der Waals surface area contributed by atoms with Gasteiger partial charge in [-0.05, 0) is 154 Å². The minimum atomic E-state index is -0.491. The molecule has 4 heterocycles. The van der Waals surface area contributed by atoms with Gasteiger partial charge in [0, 0.05) is 47.1 Å². The van der Waals surface area contributed by atoms with E-state index in [2.05, 4.69) is 220 Å². The largest absolute Gasteiger partial charge is 0.494 e. The molecule has 1 N–H and O–H groups in total. The van der Waals surface area contributed by atoms with Crippen molar-refractivity contribution in [3.63, 3.8) is 0 Å². The maximum atomic E-state index is 7.00. The third-order valence-corrected chi connectivity index (χ3v) is 18.8. The van der Waals surface area contributed by atoms with Crippen molar-refractivity contribution in [1.82, 2.24) is 4.98 Å². The Morgan fingerprint density at radius 3 is 2.28 bits per heavy atom. The first-order chi connectivity index (χ1) is 34.7. The summed E-state index contributed by atoms with van der Waals surface area (Å²) in [5.74, 6) is 0.435. The van der Waals surface area contributed by atoms with Crippen LogP contribution in [0.4, 0.5) is 0 Å². The van der Waals surface area contributed by atoms with Crippen molar-refractivity contribution in [2.45, 2.75) is 73.7 Å². The minimum absolute atomic E-state index is 0.435. The Labute approximate surface area is 423 Å². The molecule has 2 aromatic heterocycles. The molecule has 3 atom stereocenters. The Hall–Kier alpha value is -6.67. The van der Waals surface area contributed by atoms with Gasteiger partial charge in [-0.2, -0.15) is 0 Å². The molecule has 6 heteroatoms. The third kappa shape index (κ3) is 7.25. The van der Waals surface area contributed by atoms with Gasteiger partial charge in [-0.3, -0.25) is 0 Å². The number of aromatic amines is 1. The fourth-order valence-electron chi connectivity index (χ4n) is 11.9. The Balaban J connectivity index is 0.722. The molecule has 0 amide bonds. The van der Waals surface area contributed by atoms with Crippen LogP contribution >= 0.6 is 23.1 Å². The van der Waals surface area contributed by atoms with Crippen LogP contribution < -0.4 is 15.2 Å². The standard InChI is InChI=1S/C65H52BNO2S2/c1-64(2)65(3,69-66(68-64)48-19-10-18-46(37-48)51-24-13-27-56-53-21-5-7-29-60(53)71-63(51)56)33-32-40-30-31-43-39-58-57(38-47(43)34-40)54-25-11-22-49(61(54)67-58)44-16-8-14-41(35-44)42-15-9-17-45(36-42)50-23-12-26-55-52-20-4-6-28-59(52)70-62(50)55/h4-11,13-22,24-31,34-39,53,60,67H,12,23,32-33H2,1-3H3. The number of allylic oxidation sites excluding steroid dienone is 3. The number of rotatable bonds is 8. The summed E-state index contributed by atoms with van der Waals surface area (Å²) in [4.78, 5) is 5.26. The summed E-state index contributed by atoms with van der Waals surface area (Å²) in [6, 6.07) is 61.1. The summed E-state index contributed by atoms with van der Waals surface area (Å²) in [7, 11) is -0.445. The maximum absolute atomic E-state index is 7.00. The SMILES string of the molecule is CC1(C)OB(c2cccc(-c3cccc4c3SC3C=CC=CC43)c2)OC1(C)CCc1ccc2cc3[nH]c4c(-c5cccc(-c6cccc(C7=c8sc9ccccc9c8=CCC7)c6)c5)cccc4c3cc2c1. The number of nitrogens with one attached hydrogen (secondary N) is 1. The fourth-order valence-corrected chi connectivity index (χ4v) is 14.7. The highest BCUT2D eigenvalue weighted by atomic mass is 32.2. The van der Waals surface area contributed by atoms with Crippen LogP contribution in [-0.2, 0) is 15.7 Å². The van der Waals surface area contributed by atoms with E-state index >= 15 is 0 Å². The van der Waals surface area contributed by atoms with Crippen LogP contribution in [-0.4, -0.2) is 28.6 Å². The lowest BCUT2D eigenvalue weighted by atomic mass is 9.77. The van der Waals surface area contributed by atoms with Crippen molar-refractivity contribution in [3.8, 4) is 33.4 Å². The highest BCUT2D eigenvalue weighted by molar-refractivity contribution is 8.00. The number of benzene rings is 8. The van der Waals surface area contributed by atoms with Crippen LogP contribution in [0.25, 0.3) is 87.7 Å². The van der Waals surface area contributed by atoms with Crippen molar-refractivity contribution in [1.29, 1.82) is 0 Å². The molecule has 4 aliphatic rings. The average molecular weight is 954 g/mol. The first-order valence-corrected chi connectivity index (χ1v) is 26.9. The highest BCUT2D eigenvalue weighted by Crippen LogP contribution is 2.52. The van der Waals surface area contributed by atoms with Crippen LogP contribution in [0.15, 0.2) is 193 Å². The van der Waals surface area contributed by atoms with Crippen molar-refractivity contribution in [2.24, 2.45) is 0 Å². The summed E-state index contributed by atoms with van der Waals surface area (Å²) in [6.07, 6.45) is 15.3. The van der Waals surface area contributed by atoms with Crippen LogP contribution in [0, 0.1) is 0 Å². The second-order valence-corrected chi connectivity index (χ2v) is 22.9. The van der Waals surface area contributed by atoms with E-state index in [1.54, 1.807) is 0 Å². The number of fused-ring (bicyclic) bond motifs is 10. The average Bonchev–Trinajstić information content (AvgIpc) is 4.16. The number of hydrogen-bond acceptors (Lipinski definition) is 4. The molecule has 344 valence electrons. The Morgan fingerprint density at radius 2 is 1.38 bits per heavy atom. The maximum Gasteiger partial charge on any atom is 0.494 e. The molecule has 0 spiro atoms. The molecular weight excluding hydrogens is 902 g/mol. The van der Waals surface area contributed by atoms with Gasteiger partial charge in [-0.25, -0.2) is 0 Å². The van der Waals surface area contributed by atoms with Gasteiger partial charge in [0.2, 0.25) is 0 Å². The Morgan fingerprint density at radius 1 is 0.634 bits per heavy atom. The second-order valence-electron chi connectivity index (χ2n) is 20.7. The van der Waals surface area contributed by atoms with Crippen LogP contribution in [0.2, 0.25) is 0 Å². The van der Waals surface area contributed by atoms with Crippen LogP contribution in [0.5, 0.6) is 0 Å². The number of hydrogen-bond donors (Lipinski definition) is 1. The highest BCUT2D eigenvalue weighted by Gasteiger charge is 2.54. The predicted molar refractivity (Wildman–Crippen MR) is 302 cm³/mol. The summed E-state index contributed by atoms with van der Waals surface area (Å²) in [5.41, 5.74) is 15.3. The predicted octanol–water partition coefficient (Wildman–Crippen LogP) is 15.1.